The lowest BCUT2D eigenvalue weighted by molar-refractivity contribution is -0.140. The lowest BCUT2D eigenvalue weighted by atomic mass is 9.78. The third-order valence-electron chi connectivity index (χ3n) is 4.56. The molecular weight excluding hydrogens is 333 g/mol. The van der Waals surface area contributed by atoms with Gasteiger partial charge in [0.2, 0.25) is 0 Å². The van der Waals surface area contributed by atoms with Gasteiger partial charge in [0.1, 0.15) is 0 Å². The van der Waals surface area contributed by atoms with Crippen LogP contribution in [-0.4, -0.2) is 34.5 Å². The van der Waals surface area contributed by atoms with Gasteiger partial charge < -0.3 is 10.5 Å². The molecular formula is C17H15F3N4O. The number of ether oxygens (including phenoxy) is 1. The number of aromatic nitrogens is 3. The number of nitrogens with two attached hydrogens (primary N) is 1. The molecule has 5 nitrogen and oxygen atoms in total. The van der Waals surface area contributed by atoms with Gasteiger partial charge in [-0.25, -0.2) is 9.67 Å². The molecule has 1 aliphatic rings. The van der Waals surface area contributed by atoms with Crippen LogP contribution in [0.1, 0.15) is 11.3 Å². The number of hydrogen-bond donors (Lipinski definition) is 1. The lowest BCUT2D eigenvalue weighted by Gasteiger charge is -2.41. The molecule has 1 aromatic carbocycles. The van der Waals surface area contributed by atoms with Crippen LogP contribution in [0, 0.1) is 0 Å². The maximum absolute atomic E-state index is 13.3. The summed E-state index contributed by atoms with van der Waals surface area (Å²) in [6.45, 7) is 1.40. The molecule has 0 bridgehead atoms. The molecule has 0 saturated carbocycles. The maximum atomic E-state index is 13.3. The van der Waals surface area contributed by atoms with Gasteiger partial charge in [0, 0.05) is 12.7 Å². The van der Waals surface area contributed by atoms with Crippen molar-refractivity contribution < 1.29 is 17.9 Å². The Hall–Kier alpha value is -2.45. The first-order valence-electron chi connectivity index (χ1n) is 7.74. The van der Waals surface area contributed by atoms with Crippen molar-refractivity contribution in [3.8, 4) is 5.69 Å². The van der Waals surface area contributed by atoms with Crippen molar-refractivity contribution >= 4 is 11.0 Å². The highest BCUT2D eigenvalue weighted by molar-refractivity contribution is 5.80. The highest BCUT2D eigenvalue weighted by Gasteiger charge is 2.40. The van der Waals surface area contributed by atoms with E-state index in [0.717, 1.165) is 5.56 Å². The molecule has 0 radical (unpaired) electrons. The monoisotopic (exact) mass is 348 g/mol. The van der Waals surface area contributed by atoms with Crippen molar-refractivity contribution in [1.82, 2.24) is 14.8 Å². The van der Waals surface area contributed by atoms with Crippen LogP contribution in [0.5, 0.6) is 0 Å². The fourth-order valence-electron chi connectivity index (χ4n) is 3.06. The van der Waals surface area contributed by atoms with Crippen molar-refractivity contribution in [1.29, 1.82) is 0 Å². The van der Waals surface area contributed by atoms with E-state index in [2.05, 4.69) is 10.1 Å². The maximum Gasteiger partial charge on any atom is 0.435 e. The highest BCUT2D eigenvalue weighted by Crippen LogP contribution is 2.36. The van der Waals surface area contributed by atoms with Crippen LogP contribution < -0.4 is 5.73 Å². The molecule has 2 aromatic heterocycles. The SMILES string of the molecule is NCC1(c2cccc(-n3nc(C(F)(F)F)c4cccnc43)c2)COC1. The van der Waals surface area contributed by atoms with Gasteiger partial charge in [-0.3, -0.25) is 0 Å². The summed E-state index contributed by atoms with van der Waals surface area (Å²) < 4.78 is 46.4. The second kappa shape index (κ2) is 5.53. The average Bonchev–Trinajstić information content (AvgIpc) is 2.95. The smallest absolute Gasteiger partial charge is 0.379 e. The Morgan fingerprint density at radius 2 is 2.00 bits per heavy atom. The number of benzene rings is 1. The van der Waals surface area contributed by atoms with Crippen LogP contribution in [-0.2, 0) is 16.3 Å². The van der Waals surface area contributed by atoms with Crippen LogP contribution >= 0.6 is 0 Å². The number of halogens is 3. The third kappa shape index (κ3) is 2.49. The zero-order valence-corrected chi connectivity index (χ0v) is 13.1. The van der Waals surface area contributed by atoms with E-state index in [0.29, 0.717) is 25.4 Å². The van der Waals surface area contributed by atoms with Gasteiger partial charge in [-0.1, -0.05) is 12.1 Å². The zero-order chi connectivity index (χ0) is 17.7. The first-order valence-corrected chi connectivity index (χ1v) is 7.74. The van der Waals surface area contributed by atoms with E-state index in [1.807, 2.05) is 6.07 Å². The summed E-state index contributed by atoms with van der Waals surface area (Å²) in [5, 5.41) is 3.76. The molecule has 0 aliphatic carbocycles. The van der Waals surface area contributed by atoms with Crippen molar-refractivity contribution in [2.75, 3.05) is 19.8 Å². The molecule has 8 heteroatoms. The van der Waals surface area contributed by atoms with E-state index in [9.17, 15) is 13.2 Å². The van der Waals surface area contributed by atoms with Crippen LogP contribution in [0.4, 0.5) is 13.2 Å². The highest BCUT2D eigenvalue weighted by atomic mass is 19.4. The molecule has 3 aromatic rings. The Morgan fingerprint density at radius 3 is 2.64 bits per heavy atom. The number of fused-ring (bicyclic) bond motifs is 1. The number of rotatable bonds is 3. The molecule has 1 aliphatic heterocycles. The van der Waals surface area contributed by atoms with E-state index >= 15 is 0 Å². The Bertz CT molecular complexity index is 926. The Morgan fingerprint density at radius 1 is 1.20 bits per heavy atom. The molecule has 1 saturated heterocycles. The molecule has 0 atom stereocenters. The molecule has 0 spiro atoms. The van der Waals surface area contributed by atoms with Crippen LogP contribution in [0.15, 0.2) is 42.6 Å². The van der Waals surface area contributed by atoms with Gasteiger partial charge in [0.25, 0.3) is 0 Å². The summed E-state index contributed by atoms with van der Waals surface area (Å²) >= 11 is 0. The van der Waals surface area contributed by atoms with Crippen molar-refractivity contribution in [3.05, 3.63) is 53.9 Å². The summed E-state index contributed by atoms with van der Waals surface area (Å²) in [5.41, 5.74) is 6.24. The van der Waals surface area contributed by atoms with Crippen LogP contribution in [0.2, 0.25) is 0 Å². The van der Waals surface area contributed by atoms with Gasteiger partial charge in [-0.15, -0.1) is 0 Å². The van der Waals surface area contributed by atoms with Gasteiger partial charge in [-0.2, -0.15) is 18.3 Å². The molecule has 4 rings (SSSR count). The number of hydrogen-bond acceptors (Lipinski definition) is 4. The minimum atomic E-state index is -4.55. The fourth-order valence-corrected chi connectivity index (χ4v) is 3.06. The lowest BCUT2D eigenvalue weighted by Crippen LogP contribution is -2.52. The van der Waals surface area contributed by atoms with Crippen LogP contribution in [0.3, 0.4) is 0 Å². The number of nitrogens with zero attached hydrogens (tertiary/aromatic N) is 3. The quantitative estimate of drug-likeness (QED) is 0.790. The second-order valence-electron chi connectivity index (χ2n) is 6.16. The van der Waals surface area contributed by atoms with E-state index in [4.69, 9.17) is 10.5 Å². The predicted molar refractivity (Wildman–Crippen MR) is 85.4 cm³/mol. The largest absolute Gasteiger partial charge is 0.435 e. The van der Waals surface area contributed by atoms with Gasteiger partial charge in [0.05, 0.1) is 29.7 Å². The van der Waals surface area contributed by atoms with E-state index in [1.54, 1.807) is 18.2 Å². The Kier molecular flexibility index (Phi) is 3.55. The van der Waals surface area contributed by atoms with Crippen molar-refractivity contribution in [3.63, 3.8) is 0 Å². The van der Waals surface area contributed by atoms with E-state index < -0.39 is 11.9 Å². The number of alkyl halides is 3. The fraction of sp³-hybridized carbons (Fsp3) is 0.294. The van der Waals surface area contributed by atoms with Crippen LogP contribution in [0.25, 0.3) is 16.7 Å². The minimum absolute atomic E-state index is 0.0269. The summed E-state index contributed by atoms with van der Waals surface area (Å²) in [4.78, 5) is 4.09. The molecule has 3 heterocycles. The molecule has 2 N–H and O–H groups in total. The van der Waals surface area contributed by atoms with E-state index in [1.165, 1.54) is 23.0 Å². The molecule has 1 fully saturated rings. The standard InChI is InChI=1S/C17H15F3N4O/c18-17(19,20)14-13-5-2-6-22-15(13)24(23-14)12-4-1-3-11(7-12)16(8-21)9-25-10-16/h1-7H,8-10,21H2. The number of pyridine rings is 1. The van der Waals surface area contributed by atoms with E-state index in [-0.39, 0.29) is 16.4 Å². The molecule has 25 heavy (non-hydrogen) atoms. The van der Waals surface area contributed by atoms with Gasteiger partial charge in [-0.05, 0) is 29.8 Å². The predicted octanol–water partition coefficient (Wildman–Crippen LogP) is 2.67. The Balaban J connectivity index is 1.89. The topological polar surface area (TPSA) is 66.0 Å². The minimum Gasteiger partial charge on any atom is -0.379 e. The summed E-state index contributed by atoms with van der Waals surface area (Å²) in [7, 11) is 0. The summed E-state index contributed by atoms with van der Waals surface area (Å²) in [6.07, 6.45) is -3.10. The summed E-state index contributed by atoms with van der Waals surface area (Å²) in [5.74, 6) is 0. The zero-order valence-electron chi connectivity index (χ0n) is 13.1. The van der Waals surface area contributed by atoms with Crippen molar-refractivity contribution in [2.45, 2.75) is 11.6 Å². The second-order valence-corrected chi connectivity index (χ2v) is 6.16. The van der Waals surface area contributed by atoms with Gasteiger partial charge in [0.15, 0.2) is 11.3 Å². The average molecular weight is 348 g/mol. The van der Waals surface area contributed by atoms with Crippen molar-refractivity contribution in [2.24, 2.45) is 5.73 Å². The molecule has 0 unspecified atom stereocenters. The van der Waals surface area contributed by atoms with Gasteiger partial charge >= 0.3 is 6.18 Å². The molecule has 130 valence electrons. The first-order chi connectivity index (χ1) is 11.9. The third-order valence-corrected chi connectivity index (χ3v) is 4.56. The normalized spacial score (nSPS) is 16.8. The first kappa shape index (κ1) is 16.0. The summed E-state index contributed by atoms with van der Waals surface area (Å²) in [6, 6.07) is 10.0. The Labute approximate surface area is 141 Å². The molecule has 0 amide bonds.